The highest BCUT2D eigenvalue weighted by Gasteiger charge is 2.22. The molecule has 0 bridgehead atoms. The summed E-state index contributed by atoms with van der Waals surface area (Å²) >= 11 is 0. The van der Waals surface area contributed by atoms with Gasteiger partial charge in [0.25, 0.3) is 0 Å². The van der Waals surface area contributed by atoms with Gasteiger partial charge in [-0.15, -0.1) is 0 Å². The second kappa shape index (κ2) is 8.12. The van der Waals surface area contributed by atoms with Gasteiger partial charge in [0, 0.05) is 19.3 Å². The molecule has 0 saturated carbocycles. The maximum atomic E-state index is 12.1. The lowest BCUT2D eigenvalue weighted by atomic mass is 10.1. The van der Waals surface area contributed by atoms with Gasteiger partial charge in [-0.2, -0.15) is 5.26 Å². The molecule has 1 atom stereocenters. The number of carbonyl (C=O) groups is 1. The highest BCUT2D eigenvalue weighted by atomic mass is 32.2. The van der Waals surface area contributed by atoms with Crippen LogP contribution in [0.15, 0.2) is 0 Å². The van der Waals surface area contributed by atoms with Crippen LogP contribution < -0.4 is 5.73 Å². The number of carbonyl (C=O) groups excluding carboxylic acids is 1. The minimum absolute atomic E-state index is 0.103. The van der Waals surface area contributed by atoms with E-state index in [0.29, 0.717) is 13.1 Å². The number of hydrogen-bond acceptors (Lipinski definition) is 5. The first-order valence-electron chi connectivity index (χ1n) is 6.26. The molecule has 0 saturated heterocycles. The highest BCUT2D eigenvalue weighted by molar-refractivity contribution is 7.90. The van der Waals surface area contributed by atoms with E-state index in [1.165, 1.54) is 0 Å². The quantitative estimate of drug-likeness (QED) is 0.684. The van der Waals surface area contributed by atoms with Gasteiger partial charge < -0.3 is 10.6 Å². The summed E-state index contributed by atoms with van der Waals surface area (Å²) in [6.07, 6.45) is 1.47. The number of nitriles is 1. The van der Waals surface area contributed by atoms with Crippen molar-refractivity contribution in [1.82, 2.24) is 4.90 Å². The predicted molar refractivity (Wildman–Crippen MR) is 74.0 cm³/mol. The van der Waals surface area contributed by atoms with Gasteiger partial charge in [0.2, 0.25) is 5.91 Å². The number of amides is 1. The van der Waals surface area contributed by atoms with Crippen molar-refractivity contribution in [1.29, 1.82) is 5.26 Å². The van der Waals surface area contributed by atoms with Gasteiger partial charge in [-0.1, -0.05) is 13.8 Å². The summed E-state index contributed by atoms with van der Waals surface area (Å²) in [5, 5.41) is 8.58. The van der Waals surface area contributed by atoms with E-state index in [4.69, 9.17) is 11.0 Å². The fourth-order valence-corrected chi connectivity index (χ4v) is 2.30. The van der Waals surface area contributed by atoms with Crippen LogP contribution >= 0.6 is 0 Å². The Balaban J connectivity index is 4.55. The monoisotopic (exact) mass is 289 g/mol. The van der Waals surface area contributed by atoms with Crippen molar-refractivity contribution in [2.75, 3.05) is 25.1 Å². The van der Waals surface area contributed by atoms with Crippen LogP contribution in [0.5, 0.6) is 0 Å². The summed E-state index contributed by atoms with van der Waals surface area (Å²) in [6.45, 7) is 4.79. The Labute approximate surface area is 115 Å². The molecule has 2 N–H and O–H groups in total. The molecule has 0 heterocycles. The Morgan fingerprint density at radius 1 is 1.42 bits per heavy atom. The molecule has 0 aliphatic carbocycles. The number of hydrogen-bond donors (Lipinski definition) is 1. The van der Waals surface area contributed by atoms with Crippen LogP contribution in [-0.2, 0) is 14.6 Å². The van der Waals surface area contributed by atoms with Gasteiger partial charge in [-0.3, -0.25) is 4.79 Å². The van der Waals surface area contributed by atoms with Crippen molar-refractivity contribution in [2.24, 2.45) is 11.7 Å². The van der Waals surface area contributed by atoms with Gasteiger partial charge in [0.1, 0.15) is 9.84 Å². The Kier molecular flexibility index (Phi) is 7.64. The van der Waals surface area contributed by atoms with E-state index in [1.807, 2.05) is 19.9 Å². The molecule has 7 heteroatoms. The van der Waals surface area contributed by atoms with Crippen molar-refractivity contribution in [3.63, 3.8) is 0 Å². The molecule has 0 aliphatic rings. The lowest BCUT2D eigenvalue weighted by Crippen LogP contribution is -2.46. The van der Waals surface area contributed by atoms with Crippen molar-refractivity contribution in [2.45, 2.75) is 32.7 Å². The summed E-state index contributed by atoms with van der Waals surface area (Å²) in [7, 11) is -3.12. The largest absolute Gasteiger partial charge is 0.340 e. The van der Waals surface area contributed by atoms with Crippen molar-refractivity contribution >= 4 is 15.7 Å². The topological polar surface area (TPSA) is 104 Å². The molecule has 0 aliphatic heterocycles. The van der Waals surface area contributed by atoms with Crippen LogP contribution in [0.1, 0.15) is 26.7 Å². The molecule has 0 spiro atoms. The lowest BCUT2D eigenvalue weighted by molar-refractivity contribution is -0.133. The SMILES string of the molecule is CC(C)CN(CCC#N)C(=O)C(N)CCS(C)(=O)=O. The fraction of sp³-hybridized carbons (Fsp3) is 0.833. The first-order chi connectivity index (χ1) is 8.67. The molecule has 6 nitrogen and oxygen atoms in total. The zero-order chi connectivity index (χ0) is 15.1. The maximum Gasteiger partial charge on any atom is 0.239 e. The highest BCUT2D eigenvalue weighted by Crippen LogP contribution is 2.05. The fourth-order valence-electron chi connectivity index (χ4n) is 1.62. The van der Waals surface area contributed by atoms with Gasteiger partial charge in [0.15, 0.2) is 0 Å². The third-order valence-electron chi connectivity index (χ3n) is 2.51. The predicted octanol–water partition coefficient (Wildman–Crippen LogP) is 0.147. The molecule has 0 fully saturated rings. The number of rotatable bonds is 8. The molecule has 0 aromatic heterocycles. The van der Waals surface area contributed by atoms with Crippen LogP contribution in [0, 0.1) is 17.2 Å². The van der Waals surface area contributed by atoms with Crippen LogP contribution in [-0.4, -0.2) is 50.4 Å². The standard InChI is InChI=1S/C12H23N3O3S/c1-10(2)9-15(7-4-6-13)12(16)11(14)5-8-19(3,17)18/h10-11H,4-5,7-9,14H2,1-3H3. The zero-order valence-corrected chi connectivity index (χ0v) is 12.6. The molecular weight excluding hydrogens is 266 g/mol. The first-order valence-corrected chi connectivity index (χ1v) is 8.32. The molecule has 1 amide bonds. The van der Waals surface area contributed by atoms with E-state index in [2.05, 4.69) is 0 Å². The Morgan fingerprint density at radius 2 is 2.00 bits per heavy atom. The minimum atomic E-state index is -3.12. The van der Waals surface area contributed by atoms with Crippen LogP contribution in [0.2, 0.25) is 0 Å². The number of nitrogens with two attached hydrogens (primary N) is 1. The van der Waals surface area contributed by atoms with Gasteiger partial charge in [0.05, 0.1) is 24.3 Å². The summed E-state index contributed by atoms with van der Waals surface area (Å²) in [5.41, 5.74) is 5.73. The summed E-state index contributed by atoms with van der Waals surface area (Å²) in [4.78, 5) is 13.6. The third kappa shape index (κ3) is 8.56. The third-order valence-corrected chi connectivity index (χ3v) is 3.48. The van der Waals surface area contributed by atoms with E-state index in [0.717, 1.165) is 6.26 Å². The summed E-state index contributed by atoms with van der Waals surface area (Å²) < 4.78 is 22.1. The molecule has 0 aromatic carbocycles. The van der Waals surface area contributed by atoms with Crippen LogP contribution in [0.3, 0.4) is 0 Å². The first kappa shape index (κ1) is 17.9. The zero-order valence-electron chi connectivity index (χ0n) is 11.8. The molecule has 19 heavy (non-hydrogen) atoms. The molecule has 0 aromatic rings. The van der Waals surface area contributed by atoms with E-state index in [1.54, 1.807) is 4.90 Å². The minimum Gasteiger partial charge on any atom is -0.340 e. The van der Waals surface area contributed by atoms with Crippen molar-refractivity contribution in [3.8, 4) is 6.07 Å². The van der Waals surface area contributed by atoms with Gasteiger partial charge in [-0.25, -0.2) is 8.42 Å². The van der Waals surface area contributed by atoms with E-state index < -0.39 is 15.9 Å². The van der Waals surface area contributed by atoms with Crippen molar-refractivity contribution < 1.29 is 13.2 Å². The normalized spacial score (nSPS) is 13.1. The Bertz CT molecular complexity index is 426. The second-order valence-corrected chi connectivity index (χ2v) is 7.37. The Hall–Kier alpha value is -1.13. The van der Waals surface area contributed by atoms with Crippen molar-refractivity contribution in [3.05, 3.63) is 0 Å². The number of nitrogens with zero attached hydrogens (tertiary/aromatic N) is 2. The molecule has 0 rings (SSSR count). The Morgan fingerprint density at radius 3 is 2.42 bits per heavy atom. The molecule has 0 radical (unpaired) electrons. The van der Waals surface area contributed by atoms with E-state index >= 15 is 0 Å². The van der Waals surface area contributed by atoms with E-state index in [9.17, 15) is 13.2 Å². The summed E-state index contributed by atoms with van der Waals surface area (Å²) in [6, 6.07) is 1.16. The average Bonchev–Trinajstić information content (AvgIpc) is 2.29. The maximum absolute atomic E-state index is 12.1. The van der Waals surface area contributed by atoms with Gasteiger partial charge in [-0.05, 0) is 12.3 Å². The lowest BCUT2D eigenvalue weighted by Gasteiger charge is -2.26. The number of sulfone groups is 1. The second-order valence-electron chi connectivity index (χ2n) is 5.11. The summed E-state index contributed by atoms with van der Waals surface area (Å²) in [5.74, 6) is -0.120. The smallest absolute Gasteiger partial charge is 0.239 e. The van der Waals surface area contributed by atoms with Gasteiger partial charge >= 0.3 is 0 Å². The van der Waals surface area contributed by atoms with E-state index in [-0.39, 0.29) is 30.4 Å². The van der Waals surface area contributed by atoms with Crippen LogP contribution in [0.25, 0.3) is 0 Å². The average molecular weight is 289 g/mol. The van der Waals surface area contributed by atoms with Crippen LogP contribution in [0.4, 0.5) is 0 Å². The molecule has 110 valence electrons. The molecule has 1 unspecified atom stereocenters. The molecular formula is C12H23N3O3S.